The van der Waals surface area contributed by atoms with Crippen LogP contribution < -0.4 is 4.90 Å². The van der Waals surface area contributed by atoms with Gasteiger partial charge in [-0.2, -0.15) is 10.2 Å². The quantitative estimate of drug-likeness (QED) is 0.434. The molecule has 4 aromatic rings. The van der Waals surface area contributed by atoms with Gasteiger partial charge in [0.1, 0.15) is 5.82 Å². The average molecular weight is 473 g/mol. The molecule has 9 heteroatoms. The number of nitrogens with zero attached hydrogens (tertiary/aromatic N) is 8. The SMILES string of the molecule is CN=Cc1cnn2cc(-c3cnn(C)c3)cc(-c3ccc(N4CCN(CC(C)(C)O)CC4)nc3)c12. The van der Waals surface area contributed by atoms with Gasteiger partial charge in [0.15, 0.2) is 0 Å². The van der Waals surface area contributed by atoms with E-state index in [4.69, 9.17) is 4.98 Å². The molecule has 0 amide bonds. The van der Waals surface area contributed by atoms with Gasteiger partial charge >= 0.3 is 0 Å². The third-order valence-corrected chi connectivity index (χ3v) is 6.31. The molecule has 0 spiro atoms. The highest BCUT2D eigenvalue weighted by atomic mass is 16.3. The van der Waals surface area contributed by atoms with Crippen molar-refractivity contribution in [3.63, 3.8) is 0 Å². The van der Waals surface area contributed by atoms with E-state index in [0.717, 1.165) is 65.3 Å². The first kappa shape index (κ1) is 23.2. The Morgan fingerprint density at radius 1 is 1.00 bits per heavy atom. The number of piperazine rings is 1. The second-order valence-corrected chi connectivity index (χ2v) is 9.81. The molecule has 1 fully saturated rings. The average Bonchev–Trinajstić information content (AvgIpc) is 3.45. The molecule has 1 aliphatic heterocycles. The molecule has 5 rings (SSSR count). The summed E-state index contributed by atoms with van der Waals surface area (Å²) in [5, 5.41) is 19.0. The zero-order valence-electron chi connectivity index (χ0n) is 20.8. The summed E-state index contributed by atoms with van der Waals surface area (Å²) in [5.74, 6) is 0.972. The van der Waals surface area contributed by atoms with Gasteiger partial charge < -0.3 is 10.0 Å². The van der Waals surface area contributed by atoms with Gasteiger partial charge in [-0.3, -0.25) is 14.6 Å². The molecular formula is C26H32N8O. The van der Waals surface area contributed by atoms with Crippen molar-refractivity contribution in [2.45, 2.75) is 19.4 Å². The molecule has 1 N–H and O–H groups in total. The van der Waals surface area contributed by atoms with Crippen LogP contribution in [0.2, 0.25) is 0 Å². The van der Waals surface area contributed by atoms with E-state index in [1.807, 2.05) is 62.6 Å². The molecule has 0 aliphatic carbocycles. The first-order valence-corrected chi connectivity index (χ1v) is 11.9. The van der Waals surface area contributed by atoms with Crippen molar-refractivity contribution in [2.75, 3.05) is 44.7 Å². The number of aliphatic hydroxyl groups is 1. The number of aromatic nitrogens is 5. The third-order valence-electron chi connectivity index (χ3n) is 6.31. The number of fused-ring (bicyclic) bond motifs is 1. The van der Waals surface area contributed by atoms with E-state index in [9.17, 15) is 5.11 Å². The molecule has 0 radical (unpaired) electrons. The largest absolute Gasteiger partial charge is 0.389 e. The molecule has 9 nitrogen and oxygen atoms in total. The van der Waals surface area contributed by atoms with Gasteiger partial charge in [0.05, 0.1) is 23.5 Å². The summed E-state index contributed by atoms with van der Waals surface area (Å²) in [6.45, 7) is 8.01. The minimum atomic E-state index is -0.674. The van der Waals surface area contributed by atoms with Gasteiger partial charge in [-0.05, 0) is 32.0 Å². The van der Waals surface area contributed by atoms with Crippen molar-refractivity contribution in [3.05, 3.63) is 54.7 Å². The van der Waals surface area contributed by atoms with Gasteiger partial charge in [0.25, 0.3) is 0 Å². The Morgan fingerprint density at radius 2 is 1.80 bits per heavy atom. The van der Waals surface area contributed by atoms with Crippen molar-refractivity contribution in [1.82, 2.24) is 29.3 Å². The zero-order valence-corrected chi connectivity index (χ0v) is 20.8. The van der Waals surface area contributed by atoms with E-state index >= 15 is 0 Å². The number of rotatable bonds is 6. The predicted octanol–water partition coefficient (Wildman–Crippen LogP) is 2.74. The molecule has 0 aromatic carbocycles. The van der Waals surface area contributed by atoms with Crippen LogP contribution in [0.1, 0.15) is 19.4 Å². The van der Waals surface area contributed by atoms with Gasteiger partial charge in [-0.25, -0.2) is 9.50 Å². The predicted molar refractivity (Wildman–Crippen MR) is 139 cm³/mol. The maximum Gasteiger partial charge on any atom is 0.128 e. The minimum absolute atomic E-state index is 0.674. The van der Waals surface area contributed by atoms with Crippen LogP contribution in [-0.2, 0) is 7.05 Å². The van der Waals surface area contributed by atoms with Crippen LogP contribution in [0.5, 0.6) is 0 Å². The molecule has 35 heavy (non-hydrogen) atoms. The summed E-state index contributed by atoms with van der Waals surface area (Å²) in [6, 6.07) is 6.40. The first-order chi connectivity index (χ1) is 16.8. The molecule has 182 valence electrons. The Balaban J connectivity index is 1.45. The van der Waals surface area contributed by atoms with E-state index in [2.05, 4.69) is 43.2 Å². The first-order valence-electron chi connectivity index (χ1n) is 11.9. The number of aliphatic imine (C=N–C) groups is 1. The molecule has 5 heterocycles. The van der Waals surface area contributed by atoms with Crippen LogP contribution in [0.4, 0.5) is 5.82 Å². The maximum absolute atomic E-state index is 10.1. The summed E-state index contributed by atoms with van der Waals surface area (Å²) < 4.78 is 3.71. The monoisotopic (exact) mass is 472 g/mol. The van der Waals surface area contributed by atoms with Gasteiger partial charge in [0, 0.05) is 99.4 Å². The van der Waals surface area contributed by atoms with Crippen molar-refractivity contribution >= 4 is 17.5 Å². The lowest BCUT2D eigenvalue weighted by atomic mass is 10.0. The van der Waals surface area contributed by atoms with Crippen LogP contribution in [-0.4, -0.2) is 86.0 Å². The lowest BCUT2D eigenvalue weighted by Crippen LogP contribution is -2.50. The normalized spacial score (nSPS) is 15.5. The molecule has 1 saturated heterocycles. The minimum Gasteiger partial charge on any atom is -0.389 e. The van der Waals surface area contributed by atoms with Crippen LogP contribution in [0.3, 0.4) is 0 Å². The van der Waals surface area contributed by atoms with Crippen LogP contribution in [0.15, 0.2) is 54.2 Å². The van der Waals surface area contributed by atoms with Crippen molar-refractivity contribution in [2.24, 2.45) is 12.0 Å². The highest BCUT2D eigenvalue weighted by Gasteiger charge is 2.23. The third kappa shape index (κ3) is 4.96. The van der Waals surface area contributed by atoms with E-state index in [0.29, 0.717) is 6.54 Å². The Hall–Kier alpha value is -3.56. The number of hydrogen-bond donors (Lipinski definition) is 1. The summed E-state index contributed by atoms with van der Waals surface area (Å²) >= 11 is 0. The summed E-state index contributed by atoms with van der Waals surface area (Å²) in [4.78, 5) is 13.7. The standard InChI is InChI=1S/C26H32N8O/c1-26(2,35)18-32-7-9-33(10-8-32)24-6-5-19(13-28-24)23-11-20(22-15-29-31(4)16-22)17-34-25(23)21(12-27-3)14-30-34/h5-6,11-17,35H,7-10,18H2,1-4H3. The zero-order chi connectivity index (χ0) is 24.6. The summed E-state index contributed by atoms with van der Waals surface area (Å²) in [7, 11) is 3.69. The Morgan fingerprint density at radius 3 is 2.43 bits per heavy atom. The second-order valence-electron chi connectivity index (χ2n) is 9.81. The second kappa shape index (κ2) is 9.24. The van der Waals surface area contributed by atoms with Crippen LogP contribution >= 0.6 is 0 Å². The van der Waals surface area contributed by atoms with Gasteiger partial charge in [0.2, 0.25) is 0 Å². The fourth-order valence-corrected chi connectivity index (χ4v) is 4.74. The number of anilines is 1. The van der Waals surface area contributed by atoms with Crippen molar-refractivity contribution in [3.8, 4) is 22.3 Å². The molecule has 4 aromatic heterocycles. The molecular weight excluding hydrogens is 440 g/mol. The molecule has 1 aliphatic rings. The van der Waals surface area contributed by atoms with Crippen LogP contribution in [0, 0.1) is 0 Å². The fraction of sp³-hybridized carbons (Fsp3) is 0.385. The Kier molecular flexibility index (Phi) is 6.12. The number of aryl methyl sites for hydroxylation is 1. The fourth-order valence-electron chi connectivity index (χ4n) is 4.74. The molecule has 0 unspecified atom stereocenters. The lowest BCUT2D eigenvalue weighted by molar-refractivity contribution is 0.0344. The van der Waals surface area contributed by atoms with Gasteiger partial charge in [-0.1, -0.05) is 0 Å². The van der Waals surface area contributed by atoms with Crippen molar-refractivity contribution < 1.29 is 5.11 Å². The Bertz CT molecular complexity index is 1340. The molecule has 0 saturated carbocycles. The molecule has 0 atom stereocenters. The van der Waals surface area contributed by atoms with E-state index < -0.39 is 5.60 Å². The highest BCUT2D eigenvalue weighted by Crippen LogP contribution is 2.32. The smallest absolute Gasteiger partial charge is 0.128 e. The number of pyridine rings is 2. The van der Waals surface area contributed by atoms with E-state index in [-0.39, 0.29) is 0 Å². The van der Waals surface area contributed by atoms with Crippen LogP contribution in [0.25, 0.3) is 27.8 Å². The topological polar surface area (TPSA) is 87.1 Å². The highest BCUT2D eigenvalue weighted by molar-refractivity contribution is 5.97. The Labute approximate surface area is 205 Å². The maximum atomic E-state index is 10.1. The summed E-state index contributed by atoms with van der Waals surface area (Å²) in [5.41, 5.74) is 5.43. The lowest BCUT2D eigenvalue weighted by Gasteiger charge is -2.37. The van der Waals surface area contributed by atoms with E-state index in [1.54, 1.807) is 11.7 Å². The molecule has 0 bridgehead atoms. The van der Waals surface area contributed by atoms with E-state index in [1.165, 1.54) is 0 Å². The van der Waals surface area contributed by atoms with Gasteiger partial charge in [-0.15, -0.1) is 0 Å². The summed E-state index contributed by atoms with van der Waals surface area (Å²) in [6.07, 6.45) is 11.5. The van der Waals surface area contributed by atoms with Crippen molar-refractivity contribution in [1.29, 1.82) is 0 Å². The number of hydrogen-bond acceptors (Lipinski definition) is 7. The number of β-amino-alcohol motifs (C(OH)–C–C–N with tert-alkyl or cyclic N) is 1.